The molecule has 2 heterocycles. The maximum absolute atomic E-state index is 5.86. The van der Waals surface area contributed by atoms with Crippen molar-refractivity contribution in [1.82, 2.24) is 15.2 Å². The maximum Gasteiger partial charge on any atom is 0.107 e. The highest BCUT2D eigenvalue weighted by Crippen LogP contribution is 2.30. The normalized spacial score (nSPS) is 27.6. The third-order valence-corrected chi connectivity index (χ3v) is 4.99. The minimum atomic E-state index is 0.480. The van der Waals surface area contributed by atoms with E-state index >= 15 is 0 Å². The van der Waals surface area contributed by atoms with Crippen molar-refractivity contribution >= 4 is 11.3 Å². The molecular formula is C14H23N3OS. The van der Waals surface area contributed by atoms with Gasteiger partial charge < -0.3 is 10.1 Å². The highest BCUT2D eigenvalue weighted by atomic mass is 32.1. The Morgan fingerprint density at radius 1 is 1.53 bits per heavy atom. The van der Waals surface area contributed by atoms with E-state index in [9.17, 15) is 0 Å². The van der Waals surface area contributed by atoms with Crippen LogP contribution < -0.4 is 5.32 Å². The van der Waals surface area contributed by atoms with Crippen LogP contribution >= 0.6 is 11.3 Å². The molecule has 0 bridgehead atoms. The summed E-state index contributed by atoms with van der Waals surface area (Å²) in [6, 6.07) is 0.632. The monoisotopic (exact) mass is 281 g/mol. The number of rotatable bonds is 5. The Hall–Kier alpha value is -0.490. The van der Waals surface area contributed by atoms with Gasteiger partial charge in [-0.2, -0.15) is 0 Å². The van der Waals surface area contributed by atoms with E-state index in [1.807, 2.05) is 0 Å². The fourth-order valence-corrected chi connectivity index (χ4v) is 3.90. The Labute approximate surface area is 119 Å². The number of aromatic nitrogens is 1. The second-order valence-electron chi connectivity index (χ2n) is 5.39. The molecule has 1 saturated carbocycles. The van der Waals surface area contributed by atoms with Crippen molar-refractivity contribution in [3.63, 3.8) is 0 Å². The Morgan fingerprint density at radius 2 is 2.47 bits per heavy atom. The summed E-state index contributed by atoms with van der Waals surface area (Å²) in [4.78, 5) is 7.31. The number of fused-ring (bicyclic) bond motifs is 1. The van der Waals surface area contributed by atoms with E-state index in [-0.39, 0.29) is 0 Å². The van der Waals surface area contributed by atoms with Gasteiger partial charge in [0.1, 0.15) is 5.01 Å². The third kappa shape index (κ3) is 3.16. The fourth-order valence-electron chi connectivity index (χ4n) is 3.14. The number of hydrogen-bond donors (Lipinski definition) is 1. The average molecular weight is 281 g/mol. The summed E-state index contributed by atoms with van der Waals surface area (Å²) in [5.74, 6) is 0. The zero-order valence-electron chi connectivity index (χ0n) is 11.6. The fraction of sp³-hybridized carbons (Fsp3) is 0.786. The summed E-state index contributed by atoms with van der Waals surface area (Å²) < 4.78 is 5.86. The smallest absolute Gasteiger partial charge is 0.107 e. The van der Waals surface area contributed by atoms with Crippen molar-refractivity contribution in [3.8, 4) is 0 Å². The van der Waals surface area contributed by atoms with E-state index in [1.165, 1.54) is 30.0 Å². The van der Waals surface area contributed by atoms with Gasteiger partial charge in [-0.15, -0.1) is 11.3 Å². The molecule has 2 aliphatic rings. The maximum atomic E-state index is 5.86. The highest BCUT2D eigenvalue weighted by Gasteiger charge is 2.36. The lowest BCUT2D eigenvalue weighted by Crippen LogP contribution is -2.47. The van der Waals surface area contributed by atoms with Gasteiger partial charge in [0.25, 0.3) is 0 Å². The van der Waals surface area contributed by atoms with Gasteiger partial charge in [0.05, 0.1) is 18.4 Å². The van der Waals surface area contributed by atoms with Crippen molar-refractivity contribution < 1.29 is 4.74 Å². The lowest BCUT2D eigenvalue weighted by molar-refractivity contribution is -0.0591. The van der Waals surface area contributed by atoms with Crippen LogP contribution in [-0.2, 0) is 17.8 Å². The third-order valence-electron chi connectivity index (χ3n) is 4.09. The molecule has 19 heavy (non-hydrogen) atoms. The van der Waals surface area contributed by atoms with E-state index < -0.39 is 0 Å². The first kappa shape index (κ1) is 13.5. The summed E-state index contributed by atoms with van der Waals surface area (Å²) in [5, 5.41) is 6.75. The molecule has 1 aromatic rings. The first-order valence-corrected chi connectivity index (χ1v) is 8.24. The lowest BCUT2D eigenvalue weighted by atomic mass is 10.1. The van der Waals surface area contributed by atoms with Crippen LogP contribution in [0.3, 0.4) is 0 Å². The van der Waals surface area contributed by atoms with Gasteiger partial charge in [-0.25, -0.2) is 4.98 Å². The molecule has 0 aromatic carbocycles. The van der Waals surface area contributed by atoms with Crippen LogP contribution in [0.4, 0.5) is 0 Å². The minimum Gasteiger partial charge on any atom is -0.375 e. The van der Waals surface area contributed by atoms with E-state index in [4.69, 9.17) is 9.72 Å². The Bertz CT molecular complexity index is 409. The predicted octanol–water partition coefficient (Wildman–Crippen LogP) is 2.01. The Morgan fingerprint density at radius 3 is 3.37 bits per heavy atom. The van der Waals surface area contributed by atoms with Crippen molar-refractivity contribution in [1.29, 1.82) is 0 Å². The van der Waals surface area contributed by atoms with E-state index in [2.05, 4.69) is 22.5 Å². The van der Waals surface area contributed by atoms with E-state index in [1.54, 1.807) is 11.3 Å². The molecule has 1 aliphatic heterocycles. The average Bonchev–Trinajstić information content (AvgIpc) is 3.05. The number of thiazole rings is 1. The molecule has 0 amide bonds. The van der Waals surface area contributed by atoms with Crippen LogP contribution in [0.15, 0.2) is 5.38 Å². The number of nitrogens with one attached hydrogen (secondary N) is 1. The van der Waals surface area contributed by atoms with Crippen LogP contribution in [0.5, 0.6) is 0 Å². The standard InChI is InChI=1S/C14H23N3OS/c1-2-15-8-14-16-11(10-19-14)9-17-6-7-18-13-5-3-4-12(13)17/h10,12-13,15H,2-9H2,1H3. The van der Waals surface area contributed by atoms with Crippen LogP contribution in [0.25, 0.3) is 0 Å². The van der Waals surface area contributed by atoms with Crippen molar-refractivity contribution in [2.45, 2.75) is 51.4 Å². The molecule has 2 fully saturated rings. The molecule has 1 saturated heterocycles. The molecule has 2 unspecified atom stereocenters. The zero-order valence-corrected chi connectivity index (χ0v) is 12.4. The van der Waals surface area contributed by atoms with Gasteiger partial charge in [-0.1, -0.05) is 6.92 Å². The molecule has 106 valence electrons. The van der Waals surface area contributed by atoms with E-state index in [0.29, 0.717) is 12.1 Å². The molecule has 0 spiro atoms. The molecule has 2 atom stereocenters. The van der Waals surface area contributed by atoms with E-state index in [0.717, 1.165) is 32.8 Å². The number of ether oxygens (including phenoxy) is 1. The van der Waals surface area contributed by atoms with Gasteiger partial charge in [-0.3, -0.25) is 4.90 Å². The van der Waals surface area contributed by atoms with Gasteiger partial charge >= 0.3 is 0 Å². The van der Waals surface area contributed by atoms with Crippen molar-refractivity contribution in [3.05, 3.63) is 16.1 Å². The molecule has 3 rings (SSSR count). The van der Waals surface area contributed by atoms with Crippen LogP contribution in [0.1, 0.15) is 36.9 Å². The second kappa shape index (κ2) is 6.31. The SMILES string of the molecule is CCNCc1nc(CN2CCOC3CCCC32)cs1. The molecule has 5 heteroatoms. The molecule has 0 radical (unpaired) electrons. The summed E-state index contributed by atoms with van der Waals surface area (Å²) in [6.07, 6.45) is 4.32. The molecule has 1 aromatic heterocycles. The lowest BCUT2D eigenvalue weighted by Gasteiger charge is -2.37. The first-order chi connectivity index (χ1) is 9.36. The van der Waals surface area contributed by atoms with Crippen LogP contribution in [-0.4, -0.2) is 41.7 Å². The van der Waals surface area contributed by atoms with Crippen molar-refractivity contribution in [2.24, 2.45) is 0 Å². The number of nitrogens with zero attached hydrogens (tertiary/aromatic N) is 2. The van der Waals surface area contributed by atoms with Gasteiger partial charge in [-0.05, 0) is 25.8 Å². The topological polar surface area (TPSA) is 37.4 Å². The predicted molar refractivity (Wildman–Crippen MR) is 77.3 cm³/mol. The number of hydrogen-bond acceptors (Lipinski definition) is 5. The number of morpholine rings is 1. The first-order valence-electron chi connectivity index (χ1n) is 7.36. The Balaban J connectivity index is 1.59. The molecular weight excluding hydrogens is 258 g/mol. The molecule has 1 N–H and O–H groups in total. The van der Waals surface area contributed by atoms with Crippen LogP contribution in [0, 0.1) is 0 Å². The van der Waals surface area contributed by atoms with Gasteiger partial charge in [0.2, 0.25) is 0 Å². The van der Waals surface area contributed by atoms with Gasteiger partial charge in [0, 0.05) is 31.1 Å². The summed E-state index contributed by atoms with van der Waals surface area (Å²) in [7, 11) is 0. The summed E-state index contributed by atoms with van der Waals surface area (Å²) >= 11 is 1.77. The second-order valence-corrected chi connectivity index (χ2v) is 6.33. The molecule has 4 nitrogen and oxygen atoms in total. The van der Waals surface area contributed by atoms with Crippen molar-refractivity contribution in [2.75, 3.05) is 19.7 Å². The summed E-state index contributed by atoms with van der Waals surface area (Å²) in [5.41, 5.74) is 1.23. The minimum absolute atomic E-state index is 0.480. The molecule has 1 aliphatic carbocycles. The largest absolute Gasteiger partial charge is 0.375 e. The zero-order chi connectivity index (χ0) is 13.1. The Kier molecular flexibility index (Phi) is 4.48. The van der Waals surface area contributed by atoms with Gasteiger partial charge in [0.15, 0.2) is 0 Å². The highest BCUT2D eigenvalue weighted by molar-refractivity contribution is 7.09. The summed E-state index contributed by atoms with van der Waals surface area (Å²) in [6.45, 7) is 6.96. The van der Waals surface area contributed by atoms with Crippen LogP contribution in [0.2, 0.25) is 0 Å². The quantitative estimate of drug-likeness (QED) is 0.896.